The molecular formula is C23H24N6O. The number of piperidine rings is 1. The van der Waals surface area contributed by atoms with Crippen LogP contribution in [0.15, 0.2) is 59.7 Å². The minimum Gasteiger partial charge on any atom is -0.354 e. The van der Waals surface area contributed by atoms with Crippen molar-refractivity contribution in [3.05, 3.63) is 70.8 Å². The van der Waals surface area contributed by atoms with Gasteiger partial charge in [0, 0.05) is 34.9 Å². The largest absolute Gasteiger partial charge is 0.354 e. The SMILES string of the molecule is NC(c1ccc2cc(-c3cc(-c4ccncc4)n[nH]c3=O)[nH]c2c1)C1CCNCC1. The molecule has 30 heavy (non-hydrogen) atoms. The van der Waals surface area contributed by atoms with Gasteiger partial charge in [0.25, 0.3) is 5.56 Å². The number of aromatic amines is 2. The van der Waals surface area contributed by atoms with Crippen molar-refractivity contribution in [2.24, 2.45) is 11.7 Å². The van der Waals surface area contributed by atoms with E-state index in [1.165, 1.54) is 0 Å². The van der Waals surface area contributed by atoms with Crippen LogP contribution >= 0.6 is 0 Å². The molecule has 0 saturated carbocycles. The van der Waals surface area contributed by atoms with Crippen molar-refractivity contribution in [2.75, 3.05) is 13.1 Å². The highest BCUT2D eigenvalue weighted by molar-refractivity contribution is 5.86. The van der Waals surface area contributed by atoms with Crippen LogP contribution < -0.4 is 16.6 Å². The Morgan fingerprint density at radius 1 is 1.03 bits per heavy atom. The van der Waals surface area contributed by atoms with Crippen molar-refractivity contribution < 1.29 is 0 Å². The van der Waals surface area contributed by atoms with Gasteiger partial charge in [-0.25, -0.2) is 5.10 Å². The van der Waals surface area contributed by atoms with Crippen molar-refractivity contribution in [3.8, 4) is 22.5 Å². The molecule has 1 aliphatic rings. The van der Waals surface area contributed by atoms with Gasteiger partial charge >= 0.3 is 0 Å². The second kappa shape index (κ2) is 7.85. The topological polar surface area (TPSA) is 112 Å². The van der Waals surface area contributed by atoms with Crippen molar-refractivity contribution >= 4 is 10.9 Å². The second-order valence-electron chi connectivity index (χ2n) is 7.87. The summed E-state index contributed by atoms with van der Waals surface area (Å²) in [6.07, 6.45) is 5.61. The zero-order valence-corrected chi connectivity index (χ0v) is 16.6. The Labute approximate surface area is 173 Å². The first-order chi connectivity index (χ1) is 14.7. The highest BCUT2D eigenvalue weighted by Crippen LogP contribution is 2.30. The van der Waals surface area contributed by atoms with Crippen LogP contribution in [0.1, 0.15) is 24.4 Å². The number of nitrogens with one attached hydrogen (secondary N) is 3. The lowest BCUT2D eigenvalue weighted by atomic mass is 9.86. The quantitative estimate of drug-likeness (QED) is 0.421. The number of benzene rings is 1. The molecule has 0 amide bonds. The molecule has 1 fully saturated rings. The molecule has 1 unspecified atom stereocenters. The lowest BCUT2D eigenvalue weighted by molar-refractivity contribution is 0.322. The maximum Gasteiger partial charge on any atom is 0.273 e. The van der Waals surface area contributed by atoms with E-state index >= 15 is 0 Å². The van der Waals surface area contributed by atoms with Gasteiger partial charge in [-0.1, -0.05) is 12.1 Å². The molecule has 5 N–H and O–H groups in total. The maximum atomic E-state index is 12.5. The summed E-state index contributed by atoms with van der Waals surface area (Å²) in [7, 11) is 0. The molecule has 0 aliphatic carbocycles. The van der Waals surface area contributed by atoms with Gasteiger partial charge in [-0.15, -0.1) is 0 Å². The van der Waals surface area contributed by atoms with E-state index in [0.29, 0.717) is 17.2 Å². The normalized spacial score (nSPS) is 16.0. The third-order valence-electron chi connectivity index (χ3n) is 5.99. The van der Waals surface area contributed by atoms with Crippen molar-refractivity contribution in [3.63, 3.8) is 0 Å². The number of hydrogen-bond acceptors (Lipinski definition) is 5. The summed E-state index contributed by atoms with van der Waals surface area (Å²) < 4.78 is 0. The predicted octanol–water partition coefficient (Wildman–Crippen LogP) is 2.98. The summed E-state index contributed by atoms with van der Waals surface area (Å²) >= 11 is 0. The van der Waals surface area contributed by atoms with Crippen LogP contribution in [-0.2, 0) is 0 Å². The minimum absolute atomic E-state index is 0.0193. The van der Waals surface area contributed by atoms with Crippen molar-refractivity contribution in [1.82, 2.24) is 25.5 Å². The molecule has 0 spiro atoms. The molecule has 1 saturated heterocycles. The highest BCUT2D eigenvalue weighted by atomic mass is 16.1. The van der Waals surface area contributed by atoms with E-state index in [1.54, 1.807) is 18.5 Å². The Hall–Kier alpha value is -3.29. The van der Waals surface area contributed by atoms with E-state index < -0.39 is 0 Å². The zero-order valence-electron chi connectivity index (χ0n) is 16.6. The van der Waals surface area contributed by atoms with E-state index in [1.807, 2.05) is 18.2 Å². The molecule has 1 aromatic carbocycles. The fourth-order valence-corrected chi connectivity index (χ4v) is 4.25. The Balaban J connectivity index is 1.50. The number of rotatable bonds is 4. The Kier molecular flexibility index (Phi) is 4.90. The molecule has 4 heterocycles. The number of hydrogen-bond donors (Lipinski definition) is 4. The summed E-state index contributed by atoms with van der Waals surface area (Å²) in [5, 5.41) is 11.2. The van der Waals surface area contributed by atoms with Gasteiger partial charge in [0.15, 0.2) is 0 Å². The van der Waals surface area contributed by atoms with Crippen molar-refractivity contribution in [1.29, 1.82) is 0 Å². The molecule has 7 heteroatoms. The van der Waals surface area contributed by atoms with Gasteiger partial charge in [0.2, 0.25) is 0 Å². The first-order valence-electron chi connectivity index (χ1n) is 10.3. The molecular weight excluding hydrogens is 376 g/mol. The molecule has 4 aromatic rings. The molecule has 7 nitrogen and oxygen atoms in total. The number of H-pyrrole nitrogens is 2. The van der Waals surface area contributed by atoms with Crippen LogP contribution in [0.2, 0.25) is 0 Å². The fraction of sp³-hybridized carbons (Fsp3) is 0.261. The molecule has 1 atom stereocenters. The van der Waals surface area contributed by atoms with Crippen molar-refractivity contribution in [2.45, 2.75) is 18.9 Å². The summed E-state index contributed by atoms with van der Waals surface area (Å²) in [5.74, 6) is 0.490. The first-order valence-corrected chi connectivity index (χ1v) is 10.3. The molecule has 0 bridgehead atoms. The van der Waals surface area contributed by atoms with E-state index in [9.17, 15) is 4.79 Å². The number of nitrogens with zero attached hydrogens (tertiary/aromatic N) is 2. The highest BCUT2D eigenvalue weighted by Gasteiger charge is 2.22. The number of nitrogens with two attached hydrogens (primary N) is 1. The van der Waals surface area contributed by atoms with Gasteiger partial charge in [0.05, 0.1) is 17.0 Å². The van der Waals surface area contributed by atoms with E-state index in [0.717, 1.165) is 53.7 Å². The zero-order chi connectivity index (χ0) is 20.5. The third kappa shape index (κ3) is 3.53. The smallest absolute Gasteiger partial charge is 0.273 e. The van der Waals surface area contributed by atoms with Crippen LogP contribution in [0.25, 0.3) is 33.4 Å². The minimum atomic E-state index is -0.231. The van der Waals surface area contributed by atoms with Gasteiger partial charge in [-0.05, 0) is 67.7 Å². The summed E-state index contributed by atoms with van der Waals surface area (Å²) in [4.78, 5) is 19.9. The van der Waals surface area contributed by atoms with Gasteiger partial charge < -0.3 is 16.0 Å². The number of pyridine rings is 1. The lowest BCUT2D eigenvalue weighted by Crippen LogP contribution is -2.33. The van der Waals surface area contributed by atoms with E-state index in [2.05, 4.69) is 43.7 Å². The number of fused-ring (bicyclic) bond motifs is 1. The third-order valence-corrected chi connectivity index (χ3v) is 5.99. The lowest BCUT2D eigenvalue weighted by Gasteiger charge is -2.28. The Bertz CT molecular complexity index is 1220. The van der Waals surface area contributed by atoms with E-state index in [4.69, 9.17) is 5.73 Å². The van der Waals surface area contributed by atoms with Crippen LogP contribution in [0.3, 0.4) is 0 Å². The van der Waals surface area contributed by atoms with Crippen LogP contribution in [0.4, 0.5) is 0 Å². The molecule has 5 rings (SSSR count). The molecule has 152 valence electrons. The van der Waals surface area contributed by atoms with Crippen LogP contribution in [-0.4, -0.2) is 33.3 Å². The first kappa shape index (κ1) is 18.7. The molecule has 3 aromatic heterocycles. The maximum absolute atomic E-state index is 12.5. The van der Waals surface area contributed by atoms with Gasteiger partial charge in [-0.3, -0.25) is 9.78 Å². The Morgan fingerprint density at radius 2 is 1.83 bits per heavy atom. The second-order valence-corrected chi connectivity index (χ2v) is 7.87. The fourth-order valence-electron chi connectivity index (χ4n) is 4.25. The monoisotopic (exact) mass is 400 g/mol. The standard InChI is InChI=1S/C23H24N6O/c24-22(15-5-9-26-10-6-15)17-2-1-16-11-21(27-19(16)12-17)18-13-20(28-29-23(18)30)14-3-7-25-8-4-14/h1-4,7-8,11-13,15,22,26-27H,5-6,9-10,24H2,(H,29,30). The van der Waals surface area contributed by atoms with Crippen LogP contribution in [0.5, 0.6) is 0 Å². The average molecular weight is 400 g/mol. The average Bonchev–Trinajstić information content (AvgIpc) is 3.23. The van der Waals surface area contributed by atoms with Crippen LogP contribution in [0, 0.1) is 5.92 Å². The molecule has 0 radical (unpaired) electrons. The summed E-state index contributed by atoms with van der Waals surface area (Å²) in [5.41, 5.74) is 11.4. The molecule has 1 aliphatic heterocycles. The predicted molar refractivity (Wildman–Crippen MR) is 118 cm³/mol. The number of aromatic nitrogens is 4. The van der Waals surface area contributed by atoms with Gasteiger partial charge in [-0.2, -0.15) is 5.10 Å². The summed E-state index contributed by atoms with van der Waals surface area (Å²) in [6, 6.07) is 13.8. The Morgan fingerprint density at radius 3 is 2.63 bits per heavy atom. The van der Waals surface area contributed by atoms with Gasteiger partial charge in [0.1, 0.15) is 0 Å². The van der Waals surface area contributed by atoms with E-state index in [-0.39, 0.29) is 11.6 Å². The summed E-state index contributed by atoms with van der Waals surface area (Å²) in [6.45, 7) is 2.05.